The molecule has 2 saturated heterocycles. The molecule has 0 aromatic rings. The number of esters is 7. The number of carbonyl (C=O) groups is 7. The van der Waals surface area contributed by atoms with E-state index in [0.29, 0.717) is 12.8 Å². The Balaban J connectivity index is 1.67. The van der Waals surface area contributed by atoms with Crippen LogP contribution < -0.4 is 0 Å². The summed E-state index contributed by atoms with van der Waals surface area (Å²) < 4.78 is 58.6. The molecule has 0 N–H and O–H groups in total. The molecule has 4 aliphatic rings. The molecule has 2 saturated carbocycles. The minimum Gasteiger partial charge on any atom is -0.463 e. The van der Waals surface area contributed by atoms with Gasteiger partial charge >= 0.3 is 41.8 Å². The van der Waals surface area contributed by atoms with Gasteiger partial charge in [-0.15, -0.1) is 0 Å². The zero-order chi connectivity index (χ0) is 54.6. The molecule has 73 heavy (non-hydrogen) atoms. The van der Waals surface area contributed by atoms with E-state index < -0.39 is 105 Å². The summed E-state index contributed by atoms with van der Waals surface area (Å²) in [6, 6.07) is 0. The number of cyclic esters (lactones) is 2. The first kappa shape index (κ1) is 61.7. The summed E-state index contributed by atoms with van der Waals surface area (Å²) in [4.78, 5) is 98.3. The van der Waals surface area contributed by atoms with E-state index in [1.54, 1.807) is 69.2 Å². The minimum atomic E-state index is -1.65. The number of rotatable bonds is 29. The highest BCUT2D eigenvalue weighted by Crippen LogP contribution is 2.55. The van der Waals surface area contributed by atoms with Crippen molar-refractivity contribution in [3.63, 3.8) is 0 Å². The molecule has 10 unspecified atom stereocenters. The zero-order valence-electron chi connectivity index (χ0n) is 46.9. The molecule has 17 nitrogen and oxygen atoms in total. The van der Waals surface area contributed by atoms with Crippen LogP contribution in [-0.4, -0.2) is 104 Å². The molecule has 0 radical (unpaired) electrons. The zero-order valence-corrected chi connectivity index (χ0v) is 46.9. The van der Waals surface area contributed by atoms with E-state index >= 15 is 4.79 Å². The largest absolute Gasteiger partial charge is 0.463 e. The van der Waals surface area contributed by atoms with Crippen molar-refractivity contribution in [1.29, 1.82) is 0 Å². The molecule has 0 spiro atoms. The predicted octanol–water partition coefficient (Wildman–Crippen LogP) is 10.2. The standard InChI is InChI=1S/C56H92O17/c1-15-51(10,11)46(59)69-39(7)64-28-22-29-65-40(8)70-49(62)54(14,33-52(12,16-2)47(60)71-41(9)68-42-23-18-17-19-24-42)35-55(32-38(6)67-50(55)63)34-53(13,48(61)72-43-25-30-66-45(43)58)31-37(5)44(57)73-56(36(3)4)26-20-21-27-56/h36-43H,15-35H2,1-14H3. The first-order valence-corrected chi connectivity index (χ1v) is 27.4. The third-order valence-electron chi connectivity index (χ3n) is 16.2. The SMILES string of the molecule is CCC(C)(C)C(=O)OC(C)OCCCOC(C)OC(=O)C(C)(CC(C)(CC)C(=O)OC(C)OC1CCCCC1)CC1(CC(C)(CC(C)C(=O)OC2(C(C)C)CCCC2)C(=O)OC2CCOC2=O)CC(C)OC1=O. The lowest BCUT2D eigenvalue weighted by Gasteiger charge is -2.43. The van der Waals surface area contributed by atoms with E-state index in [4.69, 9.17) is 47.4 Å². The maximum atomic E-state index is 15.1. The van der Waals surface area contributed by atoms with E-state index in [-0.39, 0.29) is 82.8 Å². The van der Waals surface area contributed by atoms with Crippen LogP contribution in [0, 0.1) is 38.9 Å². The van der Waals surface area contributed by atoms with Crippen molar-refractivity contribution in [1.82, 2.24) is 0 Å². The van der Waals surface area contributed by atoms with Gasteiger partial charge in [-0.05, 0) is 152 Å². The Kier molecular flexibility index (Phi) is 22.2. The van der Waals surface area contributed by atoms with Gasteiger partial charge in [0.15, 0.2) is 18.9 Å². The molecule has 4 rings (SSSR count). The number of carbonyl (C=O) groups excluding carboxylic acids is 7. The maximum absolute atomic E-state index is 15.1. The first-order chi connectivity index (χ1) is 34.1. The fraction of sp³-hybridized carbons (Fsp3) is 0.875. The van der Waals surface area contributed by atoms with Gasteiger partial charge in [0.2, 0.25) is 6.10 Å². The monoisotopic (exact) mass is 1040 g/mol. The van der Waals surface area contributed by atoms with Crippen LogP contribution in [0.3, 0.4) is 0 Å². The fourth-order valence-electron chi connectivity index (χ4n) is 11.3. The summed E-state index contributed by atoms with van der Waals surface area (Å²) in [6.07, 6.45) is 4.15. The van der Waals surface area contributed by atoms with Gasteiger partial charge in [-0.1, -0.05) is 53.9 Å². The summed E-state index contributed by atoms with van der Waals surface area (Å²) in [5, 5.41) is 0. The van der Waals surface area contributed by atoms with Crippen LogP contribution in [0.15, 0.2) is 0 Å². The molecule has 418 valence electrons. The predicted molar refractivity (Wildman–Crippen MR) is 268 cm³/mol. The minimum absolute atomic E-state index is 0.0454. The molecule has 10 atom stereocenters. The molecule has 2 aliphatic carbocycles. The van der Waals surface area contributed by atoms with Crippen molar-refractivity contribution >= 4 is 41.8 Å². The lowest BCUT2D eigenvalue weighted by molar-refractivity contribution is -0.202. The van der Waals surface area contributed by atoms with Gasteiger partial charge in [-0.25, -0.2) is 4.79 Å². The highest BCUT2D eigenvalue weighted by molar-refractivity contribution is 5.87. The third kappa shape index (κ3) is 16.6. The smallest absolute Gasteiger partial charge is 0.347 e. The summed E-state index contributed by atoms with van der Waals surface area (Å²) >= 11 is 0. The Morgan fingerprint density at radius 2 is 1.25 bits per heavy atom. The first-order valence-electron chi connectivity index (χ1n) is 27.4. The normalized spacial score (nSPS) is 25.5. The molecule has 0 amide bonds. The molecular weight excluding hydrogens is 945 g/mol. The van der Waals surface area contributed by atoms with E-state index in [9.17, 15) is 28.8 Å². The molecule has 4 fully saturated rings. The number of ether oxygens (including phenoxy) is 10. The Morgan fingerprint density at radius 3 is 1.77 bits per heavy atom. The van der Waals surface area contributed by atoms with Crippen LogP contribution in [0.5, 0.6) is 0 Å². The van der Waals surface area contributed by atoms with Crippen LogP contribution in [0.2, 0.25) is 0 Å². The van der Waals surface area contributed by atoms with Gasteiger partial charge in [0.25, 0.3) is 0 Å². The van der Waals surface area contributed by atoms with E-state index in [1.807, 2.05) is 27.7 Å². The molecule has 2 aliphatic heterocycles. The molecular formula is C56H92O17. The van der Waals surface area contributed by atoms with Gasteiger partial charge in [0.1, 0.15) is 11.7 Å². The van der Waals surface area contributed by atoms with Gasteiger partial charge < -0.3 is 47.4 Å². The average Bonchev–Trinajstić information content (AvgIpc) is 4.03. The Bertz CT molecular complexity index is 1890. The van der Waals surface area contributed by atoms with Crippen molar-refractivity contribution in [2.24, 2.45) is 38.9 Å². The molecule has 0 bridgehead atoms. The second-order valence-corrected chi connectivity index (χ2v) is 23.7. The van der Waals surface area contributed by atoms with Crippen LogP contribution in [0.1, 0.15) is 213 Å². The van der Waals surface area contributed by atoms with Gasteiger partial charge in [-0.2, -0.15) is 0 Å². The summed E-state index contributed by atoms with van der Waals surface area (Å²) in [5.41, 5.74) is -7.49. The van der Waals surface area contributed by atoms with Crippen LogP contribution in [0.4, 0.5) is 0 Å². The fourth-order valence-corrected chi connectivity index (χ4v) is 11.3. The number of hydrogen-bond acceptors (Lipinski definition) is 17. The highest BCUT2D eigenvalue weighted by atomic mass is 16.7. The van der Waals surface area contributed by atoms with Crippen molar-refractivity contribution in [3.05, 3.63) is 0 Å². The van der Waals surface area contributed by atoms with E-state index in [1.165, 1.54) is 0 Å². The third-order valence-corrected chi connectivity index (χ3v) is 16.2. The van der Waals surface area contributed by atoms with Gasteiger partial charge in [0, 0.05) is 12.8 Å². The van der Waals surface area contributed by atoms with Crippen molar-refractivity contribution < 1.29 is 80.9 Å². The highest BCUT2D eigenvalue weighted by Gasteiger charge is 2.60. The topological polar surface area (TPSA) is 212 Å². The van der Waals surface area contributed by atoms with Crippen molar-refractivity contribution in [3.8, 4) is 0 Å². The Hall–Kier alpha value is -3.83. The van der Waals surface area contributed by atoms with Crippen molar-refractivity contribution in [2.75, 3.05) is 19.8 Å². The Morgan fingerprint density at radius 1 is 0.685 bits per heavy atom. The summed E-state index contributed by atoms with van der Waals surface area (Å²) in [7, 11) is 0. The van der Waals surface area contributed by atoms with Crippen LogP contribution >= 0.6 is 0 Å². The summed E-state index contributed by atoms with van der Waals surface area (Å²) in [5.74, 6) is -5.22. The van der Waals surface area contributed by atoms with Gasteiger partial charge in [-0.3, -0.25) is 28.8 Å². The average molecular weight is 1040 g/mol. The van der Waals surface area contributed by atoms with Crippen LogP contribution in [0.25, 0.3) is 0 Å². The quantitative estimate of drug-likeness (QED) is 0.0295. The molecule has 0 aromatic heterocycles. The lowest BCUT2D eigenvalue weighted by atomic mass is 9.59. The molecule has 0 aromatic carbocycles. The van der Waals surface area contributed by atoms with Gasteiger partial charge in [0.05, 0.1) is 58.9 Å². The maximum Gasteiger partial charge on any atom is 0.347 e. The Labute approximate surface area is 435 Å². The molecule has 17 heteroatoms. The van der Waals surface area contributed by atoms with E-state index in [0.717, 1.165) is 57.8 Å². The molecule has 2 heterocycles. The van der Waals surface area contributed by atoms with E-state index in [2.05, 4.69) is 0 Å². The number of hydrogen-bond donors (Lipinski definition) is 0. The second-order valence-electron chi connectivity index (χ2n) is 23.7. The van der Waals surface area contributed by atoms with Crippen LogP contribution in [-0.2, 0) is 80.9 Å². The van der Waals surface area contributed by atoms with Crippen molar-refractivity contribution in [2.45, 2.75) is 255 Å². The summed E-state index contributed by atoms with van der Waals surface area (Å²) in [6.45, 7) is 25.0. The lowest BCUT2D eigenvalue weighted by Crippen LogP contribution is -2.49. The second kappa shape index (κ2) is 26.3.